The topological polar surface area (TPSA) is 36.9 Å². The van der Waals surface area contributed by atoms with Gasteiger partial charge < -0.3 is 15.0 Å². The number of ether oxygens (including phenoxy) is 1. The van der Waals surface area contributed by atoms with Crippen LogP contribution in [0.5, 0.6) is 0 Å². The van der Waals surface area contributed by atoms with E-state index in [4.69, 9.17) is 9.73 Å². The molecule has 1 aliphatic heterocycles. The standard InChI is InChI=1S/C20H30BrN3O/c1-3-22-19(24-12-9-16(13-24)14-25-4-2)23-15-20(10-11-20)17-7-5-6-8-18(17)21/h5-8,16H,3-4,9-15H2,1-2H3,(H,22,23). The first kappa shape index (κ1) is 18.7. The first-order valence-corrected chi connectivity index (χ1v) is 10.3. The molecular weight excluding hydrogens is 378 g/mol. The molecule has 4 nitrogen and oxygen atoms in total. The molecule has 3 rings (SSSR count). The maximum atomic E-state index is 5.61. The van der Waals surface area contributed by atoms with Gasteiger partial charge in [0.25, 0.3) is 0 Å². The molecule has 1 heterocycles. The smallest absolute Gasteiger partial charge is 0.193 e. The van der Waals surface area contributed by atoms with Crippen LogP contribution in [0.3, 0.4) is 0 Å². The van der Waals surface area contributed by atoms with E-state index in [0.29, 0.717) is 5.92 Å². The van der Waals surface area contributed by atoms with Crippen molar-refractivity contribution in [3.63, 3.8) is 0 Å². The van der Waals surface area contributed by atoms with Crippen LogP contribution < -0.4 is 5.32 Å². The van der Waals surface area contributed by atoms with Gasteiger partial charge in [0.15, 0.2) is 5.96 Å². The monoisotopic (exact) mass is 407 g/mol. The molecular formula is C20H30BrN3O. The fourth-order valence-electron chi connectivity index (χ4n) is 3.65. The average molecular weight is 408 g/mol. The molecule has 1 aromatic carbocycles. The van der Waals surface area contributed by atoms with Crippen molar-refractivity contribution in [2.75, 3.05) is 39.4 Å². The molecule has 1 saturated heterocycles. The van der Waals surface area contributed by atoms with E-state index in [1.54, 1.807) is 0 Å². The number of guanidine groups is 1. The molecule has 1 saturated carbocycles. The third-order valence-electron chi connectivity index (χ3n) is 5.31. The van der Waals surface area contributed by atoms with Crippen LogP contribution in [0.4, 0.5) is 0 Å². The molecule has 0 aromatic heterocycles. The van der Waals surface area contributed by atoms with Crippen LogP contribution in [-0.4, -0.2) is 50.3 Å². The summed E-state index contributed by atoms with van der Waals surface area (Å²) in [4.78, 5) is 7.44. The summed E-state index contributed by atoms with van der Waals surface area (Å²) in [5, 5.41) is 3.49. The summed E-state index contributed by atoms with van der Waals surface area (Å²) in [5.41, 5.74) is 1.64. The van der Waals surface area contributed by atoms with Gasteiger partial charge in [0, 0.05) is 42.0 Å². The van der Waals surface area contributed by atoms with Crippen LogP contribution >= 0.6 is 15.9 Å². The highest BCUT2D eigenvalue weighted by molar-refractivity contribution is 9.10. The van der Waals surface area contributed by atoms with E-state index in [9.17, 15) is 0 Å². The van der Waals surface area contributed by atoms with E-state index >= 15 is 0 Å². The lowest BCUT2D eigenvalue weighted by atomic mass is 9.96. The summed E-state index contributed by atoms with van der Waals surface area (Å²) in [6, 6.07) is 8.60. The van der Waals surface area contributed by atoms with Gasteiger partial charge in [-0.1, -0.05) is 34.1 Å². The van der Waals surface area contributed by atoms with Gasteiger partial charge in [-0.25, -0.2) is 0 Å². The Hall–Kier alpha value is -1.07. The zero-order chi connectivity index (χ0) is 17.7. The minimum atomic E-state index is 0.227. The van der Waals surface area contributed by atoms with Gasteiger partial charge in [0.05, 0.1) is 13.2 Å². The second kappa shape index (κ2) is 8.54. The van der Waals surface area contributed by atoms with Crippen LogP contribution in [0.1, 0.15) is 38.7 Å². The van der Waals surface area contributed by atoms with E-state index in [0.717, 1.165) is 45.4 Å². The molecule has 0 radical (unpaired) electrons. The minimum Gasteiger partial charge on any atom is -0.381 e. The maximum absolute atomic E-state index is 5.61. The second-order valence-electron chi connectivity index (χ2n) is 7.19. The predicted octanol–water partition coefficient (Wildman–Crippen LogP) is 3.80. The normalized spacial score (nSPS) is 22.3. The van der Waals surface area contributed by atoms with Gasteiger partial charge in [0.2, 0.25) is 0 Å². The first-order valence-electron chi connectivity index (χ1n) is 9.54. The lowest BCUT2D eigenvalue weighted by molar-refractivity contribution is 0.114. The lowest BCUT2D eigenvalue weighted by Crippen LogP contribution is -2.40. The number of hydrogen-bond donors (Lipinski definition) is 1. The fraction of sp³-hybridized carbons (Fsp3) is 0.650. The van der Waals surface area contributed by atoms with Crippen LogP contribution in [0.15, 0.2) is 33.7 Å². The number of hydrogen-bond acceptors (Lipinski definition) is 2. The van der Waals surface area contributed by atoms with Gasteiger partial charge in [-0.15, -0.1) is 0 Å². The Balaban J connectivity index is 1.66. The average Bonchev–Trinajstić information content (AvgIpc) is 3.26. The molecule has 0 amide bonds. The van der Waals surface area contributed by atoms with E-state index < -0.39 is 0 Å². The molecule has 1 atom stereocenters. The highest BCUT2D eigenvalue weighted by Crippen LogP contribution is 2.50. The highest BCUT2D eigenvalue weighted by atomic mass is 79.9. The van der Waals surface area contributed by atoms with Crippen LogP contribution in [0, 0.1) is 5.92 Å². The van der Waals surface area contributed by atoms with Crippen LogP contribution in [-0.2, 0) is 10.2 Å². The Kier molecular flexibility index (Phi) is 6.39. The number of benzene rings is 1. The Bertz CT molecular complexity index is 600. The summed E-state index contributed by atoms with van der Waals surface area (Å²) in [6.45, 7) is 9.78. The Morgan fingerprint density at radius 1 is 1.36 bits per heavy atom. The number of rotatable bonds is 7. The summed E-state index contributed by atoms with van der Waals surface area (Å²) in [5.74, 6) is 1.70. The largest absolute Gasteiger partial charge is 0.381 e. The zero-order valence-electron chi connectivity index (χ0n) is 15.4. The Morgan fingerprint density at radius 2 is 2.16 bits per heavy atom. The third kappa shape index (κ3) is 4.56. The molecule has 2 aliphatic rings. The molecule has 1 aromatic rings. The molecule has 0 spiro atoms. The zero-order valence-corrected chi connectivity index (χ0v) is 17.0. The molecule has 25 heavy (non-hydrogen) atoms. The maximum Gasteiger partial charge on any atom is 0.193 e. The molecule has 1 N–H and O–H groups in total. The fourth-order valence-corrected chi connectivity index (χ4v) is 4.36. The molecule has 2 fully saturated rings. The van der Waals surface area contributed by atoms with Crippen molar-refractivity contribution < 1.29 is 4.74 Å². The van der Waals surface area contributed by atoms with Crippen molar-refractivity contribution in [1.82, 2.24) is 10.2 Å². The van der Waals surface area contributed by atoms with E-state index in [2.05, 4.69) is 64.3 Å². The van der Waals surface area contributed by atoms with E-state index in [-0.39, 0.29) is 5.41 Å². The number of halogens is 1. The van der Waals surface area contributed by atoms with Crippen molar-refractivity contribution in [2.45, 2.75) is 38.5 Å². The van der Waals surface area contributed by atoms with Crippen LogP contribution in [0.25, 0.3) is 0 Å². The Morgan fingerprint density at radius 3 is 2.84 bits per heavy atom. The number of likely N-dealkylation sites (tertiary alicyclic amines) is 1. The first-order chi connectivity index (χ1) is 12.2. The summed E-state index contributed by atoms with van der Waals surface area (Å²) in [7, 11) is 0. The van der Waals surface area contributed by atoms with Crippen molar-refractivity contribution in [2.24, 2.45) is 10.9 Å². The highest BCUT2D eigenvalue weighted by Gasteiger charge is 2.45. The Labute approximate surface area is 160 Å². The van der Waals surface area contributed by atoms with Gasteiger partial charge >= 0.3 is 0 Å². The van der Waals surface area contributed by atoms with Crippen molar-refractivity contribution in [1.29, 1.82) is 0 Å². The van der Waals surface area contributed by atoms with E-state index in [1.807, 2.05) is 0 Å². The summed E-state index contributed by atoms with van der Waals surface area (Å²) < 4.78 is 6.82. The van der Waals surface area contributed by atoms with Gasteiger partial charge in [-0.2, -0.15) is 0 Å². The molecule has 138 valence electrons. The molecule has 5 heteroatoms. The number of nitrogens with zero attached hydrogens (tertiary/aromatic N) is 2. The lowest BCUT2D eigenvalue weighted by Gasteiger charge is -2.23. The van der Waals surface area contributed by atoms with Crippen molar-refractivity contribution in [3.05, 3.63) is 34.3 Å². The third-order valence-corrected chi connectivity index (χ3v) is 6.00. The predicted molar refractivity (Wildman–Crippen MR) is 107 cm³/mol. The summed E-state index contributed by atoms with van der Waals surface area (Å²) in [6.07, 6.45) is 3.65. The number of aliphatic imine (C=N–C) groups is 1. The van der Waals surface area contributed by atoms with Gasteiger partial charge in [-0.3, -0.25) is 4.99 Å². The van der Waals surface area contributed by atoms with E-state index in [1.165, 1.54) is 29.3 Å². The minimum absolute atomic E-state index is 0.227. The quantitative estimate of drug-likeness (QED) is 0.551. The molecule has 0 bridgehead atoms. The summed E-state index contributed by atoms with van der Waals surface area (Å²) >= 11 is 3.72. The van der Waals surface area contributed by atoms with Gasteiger partial charge in [0.1, 0.15) is 0 Å². The molecule has 1 unspecified atom stereocenters. The number of nitrogens with one attached hydrogen (secondary N) is 1. The molecule has 1 aliphatic carbocycles. The van der Waals surface area contributed by atoms with Crippen molar-refractivity contribution in [3.8, 4) is 0 Å². The van der Waals surface area contributed by atoms with Crippen molar-refractivity contribution >= 4 is 21.9 Å². The van der Waals surface area contributed by atoms with Crippen LogP contribution in [0.2, 0.25) is 0 Å². The second-order valence-corrected chi connectivity index (χ2v) is 8.04. The van der Waals surface area contributed by atoms with Gasteiger partial charge in [-0.05, 0) is 44.7 Å². The SMILES string of the molecule is CCNC(=NCC1(c2ccccc2Br)CC1)N1CCC(COCC)C1.